The van der Waals surface area contributed by atoms with Crippen molar-refractivity contribution >= 4 is 34.6 Å². The Balaban J connectivity index is 1.87. The van der Waals surface area contributed by atoms with Gasteiger partial charge in [-0.05, 0) is 49.4 Å². The Bertz CT molecular complexity index is 1020. The number of carbonyl (C=O) groups is 2. The highest BCUT2D eigenvalue weighted by Crippen LogP contribution is 2.42. The van der Waals surface area contributed by atoms with Crippen molar-refractivity contribution in [2.75, 3.05) is 45.1 Å². The average molecular weight is 439 g/mol. The fourth-order valence-corrected chi connectivity index (χ4v) is 3.73. The first kappa shape index (κ1) is 23.3. The SMILES string of the molecule is CCC(=Nc1ccc(N(C)C(=O)CCNC)cc1)C1C(=O)Nc2cc(OC)c(OC)cc21. The van der Waals surface area contributed by atoms with Crippen LogP contribution in [0.3, 0.4) is 0 Å². The number of methoxy groups -OCH3 is 2. The molecule has 1 unspecified atom stereocenters. The minimum Gasteiger partial charge on any atom is -0.493 e. The van der Waals surface area contributed by atoms with Gasteiger partial charge in [-0.1, -0.05) is 6.92 Å². The van der Waals surface area contributed by atoms with Crippen LogP contribution in [0.1, 0.15) is 31.2 Å². The number of benzene rings is 2. The van der Waals surface area contributed by atoms with E-state index in [-0.39, 0.29) is 11.8 Å². The zero-order chi connectivity index (χ0) is 23.3. The molecule has 32 heavy (non-hydrogen) atoms. The molecule has 3 rings (SSSR count). The van der Waals surface area contributed by atoms with Gasteiger partial charge in [0, 0.05) is 43.2 Å². The molecule has 0 spiro atoms. The fourth-order valence-electron chi connectivity index (χ4n) is 3.73. The summed E-state index contributed by atoms with van der Waals surface area (Å²) in [4.78, 5) is 31.4. The van der Waals surface area contributed by atoms with Crippen LogP contribution in [-0.2, 0) is 9.59 Å². The van der Waals surface area contributed by atoms with Crippen LogP contribution in [0.4, 0.5) is 17.1 Å². The van der Waals surface area contributed by atoms with Gasteiger partial charge in [0.25, 0.3) is 0 Å². The minimum atomic E-state index is -0.500. The van der Waals surface area contributed by atoms with E-state index in [4.69, 9.17) is 14.5 Å². The number of ether oxygens (including phenoxy) is 2. The van der Waals surface area contributed by atoms with Crippen molar-refractivity contribution in [3.05, 3.63) is 42.0 Å². The summed E-state index contributed by atoms with van der Waals surface area (Å²) in [7, 11) is 6.71. The molecule has 0 saturated carbocycles. The number of nitrogens with zero attached hydrogens (tertiary/aromatic N) is 2. The van der Waals surface area contributed by atoms with Crippen LogP contribution in [-0.4, -0.2) is 52.4 Å². The van der Waals surface area contributed by atoms with Crippen molar-refractivity contribution in [3.63, 3.8) is 0 Å². The van der Waals surface area contributed by atoms with Crippen molar-refractivity contribution in [3.8, 4) is 11.5 Å². The minimum absolute atomic E-state index is 0.0356. The molecule has 0 aromatic heterocycles. The van der Waals surface area contributed by atoms with Crippen molar-refractivity contribution in [1.82, 2.24) is 5.32 Å². The van der Waals surface area contributed by atoms with E-state index in [1.807, 2.05) is 44.3 Å². The molecule has 2 aromatic carbocycles. The van der Waals surface area contributed by atoms with E-state index in [0.29, 0.717) is 36.6 Å². The van der Waals surface area contributed by atoms with E-state index in [2.05, 4.69) is 10.6 Å². The molecule has 0 fully saturated rings. The summed E-state index contributed by atoms with van der Waals surface area (Å²) in [5, 5.41) is 5.90. The van der Waals surface area contributed by atoms with Gasteiger partial charge in [0.05, 0.1) is 19.9 Å². The van der Waals surface area contributed by atoms with Crippen LogP contribution in [0, 0.1) is 0 Å². The van der Waals surface area contributed by atoms with E-state index >= 15 is 0 Å². The molecule has 8 heteroatoms. The maximum absolute atomic E-state index is 12.8. The zero-order valence-corrected chi connectivity index (χ0v) is 19.2. The van der Waals surface area contributed by atoms with Crippen molar-refractivity contribution in [2.24, 2.45) is 4.99 Å². The molecule has 1 aliphatic heterocycles. The molecule has 0 bridgehead atoms. The largest absolute Gasteiger partial charge is 0.493 e. The Hall–Kier alpha value is -3.39. The Kier molecular flexibility index (Phi) is 7.48. The topological polar surface area (TPSA) is 92.3 Å². The lowest BCUT2D eigenvalue weighted by Crippen LogP contribution is -2.28. The Morgan fingerprint density at radius 1 is 1.16 bits per heavy atom. The first-order valence-corrected chi connectivity index (χ1v) is 10.6. The summed E-state index contributed by atoms with van der Waals surface area (Å²) in [5.74, 6) is 0.542. The Morgan fingerprint density at radius 2 is 1.81 bits per heavy atom. The first-order valence-electron chi connectivity index (χ1n) is 10.6. The summed E-state index contributed by atoms with van der Waals surface area (Å²) < 4.78 is 10.8. The summed E-state index contributed by atoms with van der Waals surface area (Å²) in [5.41, 5.74) is 3.79. The van der Waals surface area contributed by atoms with Crippen LogP contribution in [0.25, 0.3) is 0 Å². The number of amides is 2. The lowest BCUT2D eigenvalue weighted by atomic mass is 9.93. The number of hydrogen-bond donors (Lipinski definition) is 2. The van der Waals surface area contributed by atoms with Gasteiger partial charge in [0.2, 0.25) is 11.8 Å². The van der Waals surface area contributed by atoms with Crippen LogP contribution >= 0.6 is 0 Å². The predicted octanol–water partition coefficient (Wildman–Crippen LogP) is 3.49. The van der Waals surface area contributed by atoms with Gasteiger partial charge >= 0.3 is 0 Å². The quantitative estimate of drug-likeness (QED) is 0.585. The normalized spacial score (nSPS) is 15.2. The van der Waals surface area contributed by atoms with Crippen LogP contribution in [0.5, 0.6) is 11.5 Å². The van der Waals surface area contributed by atoms with Crippen LogP contribution < -0.4 is 25.0 Å². The van der Waals surface area contributed by atoms with E-state index < -0.39 is 5.92 Å². The van der Waals surface area contributed by atoms with Crippen LogP contribution in [0.15, 0.2) is 41.4 Å². The smallest absolute Gasteiger partial charge is 0.237 e. The molecule has 8 nitrogen and oxygen atoms in total. The summed E-state index contributed by atoms with van der Waals surface area (Å²) in [6, 6.07) is 11.0. The summed E-state index contributed by atoms with van der Waals surface area (Å²) in [6.07, 6.45) is 1.04. The van der Waals surface area contributed by atoms with E-state index in [1.165, 1.54) is 0 Å². The van der Waals surface area contributed by atoms with Crippen LogP contribution in [0.2, 0.25) is 0 Å². The molecule has 1 heterocycles. The number of aliphatic imine (C=N–C) groups is 1. The highest BCUT2D eigenvalue weighted by Gasteiger charge is 2.35. The molecule has 1 atom stereocenters. The van der Waals surface area contributed by atoms with E-state index in [9.17, 15) is 9.59 Å². The molecule has 1 aliphatic rings. The molecule has 2 aromatic rings. The average Bonchev–Trinajstić information content (AvgIpc) is 3.14. The van der Waals surface area contributed by atoms with Crippen molar-refractivity contribution in [2.45, 2.75) is 25.7 Å². The first-order chi connectivity index (χ1) is 15.4. The maximum Gasteiger partial charge on any atom is 0.237 e. The number of fused-ring (bicyclic) bond motifs is 1. The summed E-state index contributed by atoms with van der Waals surface area (Å²) in [6.45, 7) is 2.61. The number of nitrogens with one attached hydrogen (secondary N) is 2. The van der Waals surface area contributed by atoms with Gasteiger partial charge in [-0.25, -0.2) is 0 Å². The molecule has 2 N–H and O–H groups in total. The highest BCUT2D eigenvalue weighted by atomic mass is 16.5. The second-order valence-electron chi connectivity index (χ2n) is 7.50. The molecule has 2 amide bonds. The van der Waals surface area contributed by atoms with Gasteiger partial charge in [-0.3, -0.25) is 14.6 Å². The van der Waals surface area contributed by atoms with Gasteiger partial charge in [0.1, 0.15) is 5.92 Å². The summed E-state index contributed by atoms with van der Waals surface area (Å²) >= 11 is 0. The van der Waals surface area contributed by atoms with Gasteiger partial charge < -0.3 is 25.0 Å². The third-order valence-electron chi connectivity index (χ3n) is 5.55. The van der Waals surface area contributed by atoms with E-state index in [1.54, 1.807) is 32.2 Å². The van der Waals surface area contributed by atoms with Crippen molar-refractivity contribution in [1.29, 1.82) is 0 Å². The van der Waals surface area contributed by atoms with Gasteiger partial charge in [-0.2, -0.15) is 0 Å². The molecule has 0 saturated heterocycles. The zero-order valence-electron chi connectivity index (χ0n) is 19.2. The Labute approximate surface area is 188 Å². The molecule has 0 aliphatic carbocycles. The fraction of sp³-hybridized carbons (Fsp3) is 0.375. The molecular formula is C24H30N4O4. The molecular weight excluding hydrogens is 408 g/mol. The standard InChI is InChI=1S/C24H30N4O4/c1-6-18(23-17-13-20(31-4)21(32-5)14-19(17)27-24(23)30)26-15-7-9-16(10-8-15)28(3)22(29)11-12-25-2/h7-10,13-14,23,25H,6,11-12H2,1-5H3,(H,27,30). The Morgan fingerprint density at radius 3 is 2.41 bits per heavy atom. The number of rotatable bonds is 9. The third-order valence-corrected chi connectivity index (χ3v) is 5.55. The number of hydrogen-bond acceptors (Lipinski definition) is 6. The molecule has 170 valence electrons. The number of carbonyl (C=O) groups excluding carboxylic acids is 2. The number of anilines is 2. The third kappa shape index (κ3) is 4.75. The lowest BCUT2D eigenvalue weighted by molar-refractivity contribution is -0.118. The highest BCUT2D eigenvalue weighted by molar-refractivity contribution is 6.19. The van der Waals surface area contributed by atoms with Gasteiger partial charge in [0.15, 0.2) is 11.5 Å². The van der Waals surface area contributed by atoms with Gasteiger partial charge in [-0.15, -0.1) is 0 Å². The lowest BCUT2D eigenvalue weighted by Gasteiger charge is -2.17. The molecule has 0 radical (unpaired) electrons. The second kappa shape index (κ2) is 10.3. The van der Waals surface area contributed by atoms with E-state index in [0.717, 1.165) is 22.6 Å². The predicted molar refractivity (Wildman–Crippen MR) is 127 cm³/mol. The maximum atomic E-state index is 12.8. The van der Waals surface area contributed by atoms with Crippen molar-refractivity contribution < 1.29 is 19.1 Å². The monoisotopic (exact) mass is 438 g/mol. The second-order valence-corrected chi connectivity index (χ2v) is 7.50.